The van der Waals surface area contributed by atoms with Gasteiger partial charge in [0, 0.05) is 37.5 Å². The number of rotatable bonds is 4. The minimum Gasteiger partial charge on any atom is -0.347 e. The predicted molar refractivity (Wildman–Crippen MR) is 88.2 cm³/mol. The molecule has 0 atom stereocenters. The van der Waals surface area contributed by atoms with Crippen LogP contribution in [0.15, 0.2) is 24.3 Å². The lowest BCUT2D eigenvalue weighted by Gasteiger charge is -2.38. The van der Waals surface area contributed by atoms with Gasteiger partial charge >= 0.3 is 0 Å². The number of carbonyl (C=O) groups excluding carboxylic acids is 1. The molecule has 2 fully saturated rings. The fourth-order valence-corrected chi connectivity index (χ4v) is 3.38. The number of benzene rings is 1. The Bertz CT molecular complexity index is 551. The smallest absolute Gasteiger partial charge is 0.236 e. The van der Waals surface area contributed by atoms with Gasteiger partial charge in [0.2, 0.25) is 5.91 Å². The van der Waals surface area contributed by atoms with Crippen molar-refractivity contribution < 1.29 is 14.3 Å². The van der Waals surface area contributed by atoms with Gasteiger partial charge in [0.1, 0.15) is 0 Å². The van der Waals surface area contributed by atoms with Crippen LogP contribution in [-0.4, -0.2) is 61.4 Å². The van der Waals surface area contributed by atoms with E-state index in [9.17, 15) is 4.79 Å². The number of likely N-dealkylation sites (tertiary alicyclic amines) is 1. The number of piperidine rings is 1. The van der Waals surface area contributed by atoms with Crippen molar-refractivity contribution in [3.8, 4) is 0 Å². The Morgan fingerprint density at radius 1 is 1.26 bits per heavy atom. The first kappa shape index (κ1) is 16.7. The van der Waals surface area contributed by atoms with Gasteiger partial charge in [-0.3, -0.25) is 9.69 Å². The number of halogens is 1. The fraction of sp³-hybridized carbons (Fsp3) is 0.588. The Hall–Kier alpha value is -1.14. The largest absolute Gasteiger partial charge is 0.347 e. The zero-order chi connectivity index (χ0) is 16.3. The van der Waals surface area contributed by atoms with Crippen molar-refractivity contribution in [3.05, 3.63) is 34.9 Å². The van der Waals surface area contributed by atoms with Crippen LogP contribution >= 0.6 is 11.6 Å². The lowest BCUT2D eigenvalue weighted by atomic mass is 10.0. The van der Waals surface area contributed by atoms with Crippen LogP contribution in [0, 0.1) is 0 Å². The minimum absolute atomic E-state index is 0.146. The van der Waals surface area contributed by atoms with E-state index in [1.807, 2.05) is 41.1 Å². The molecule has 2 aliphatic heterocycles. The van der Waals surface area contributed by atoms with E-state index in [4.69, 9.17) is 21.1 Å². The summed E-state index contributed by atoms with van der Waals surface area (Å²) in [4.78, 5) is 16.4. The Balaban J connectivity index is 1.48. The first-order chi connectivity index (χ1) is 11.1. The maximum absolute atomic E-state index is 12.5. The molecule has 0 radical (unpaired) electrons. The van der Waals surface area contributed by atoms with E-state index in [2.05, 4.69) is 0 Å². The van der Waals surface area contributed by atoms with Crippen LogP contribution in [0.4, 0.5) is 0 Å². The summed E-state index contributed by atoms with van der Waals surface area (Å²) in [5.74, 6) is -0.285. The third-order valence-corrected chi connectivity index (χ3v) is 4.86. The molecule has 0 aliphatic carbocycles. The number of hydrogen-bond donors (Lipinski definition) is 0. The fourth-order valence-electron chi connectivity index (χ4n) is 3.19. The van der Waals surface area contributed by atoms with Gasteiger partial charge in [-0.15, -0.1) is 0 Å². The highest BCUT2D eigenvalue weighted by Gasteiger charge is 2.40. The van der Waals surface area contributed by atoms with Gasteiger partial charge in [-0.05, 0) is 18.7 Å². The van der Waals surface area contributed by atoms with E-state index in [1.54, 1.807) is 0 Å². The van der Waals surface area contributed by atoms with Crippen molar-refractivity contribution in [1.29, 1.82) is 0 Å². The molecule has 0 saturated carbocycles. The van der Waals surface area contributed by atoms with Gasteiger partial charge in [-0.2, -0.15) is 0 Å². The number of carbonyl (C=O) groups is 1. The van der Waals surface area contributed by atoms with Crippen molar-refractivity contribution >= 4 is 17.5 Å². The molecule has 1 aromatic carbocycles. The second kappa shape index (κ2) is 7.18. The highest BCUT2D eigenvalue weighted by molar-refractivity contribution is 6.31. The summed E-state index contributed by atoms with van der Waals surface area (Å²) in [6.07, 6.45) is 1.51. The summed E-state index contributed by atoms with van der Waals surface area (Å²) in [7, 11) is 1.94. The van der Waals surface area contributed by atoms with Gasteiger partial charge in [0.15, 0.2) is 5.79 Å². The van der Waals surface area contributed by atoms with Crippen molar-refractivity contribution in [2.45, 2.75) is 25.2 Å². The van der Waals surface area contributed by atoms with Gasteiger partial charge in [0.05, 0.1) is 19.8 Å². The Labute approximate surface area is 142 Å². The van der Waals surface area contributed by atoms with E-state index in [1.165, 1.54) is 0 Å². The van der Waals surface area contributed by atoms with Crippen LogP contribution in [0.5, 0.6) is 0 Å². The van der Waals surface area contributed by atoms with Crippen LogP contribution in [0.2, 0.25) is 5.02 Å². The number of nitrogens with zero attached hydrogens (tertiary/aromatic N) is 2. The summed E-state index contributed by atoms with van der Waals surface area (Å²) >= 11 is 6.17. The number of likely N-dealkylation sites (N-methyl/N-ethyl adjacent to an activating group) is 1. The van der Waals surface area contributed by atoms with Crippen LogP contribution < -0.4 is 0 Å². The molecular formula is C17H23ClN2O3. The summed E-state index contributed by atoms with van der Waals surface area (Å²) in [5, 5.41) is 0.738. The highest BCUT2D eigenvalue weighted by atomic mass is 35.5. The van der Waals surface area contributed by atoms with Crippen molar-refractivity contribution in [3.63, 3.8) is 0 Å². The first-order valence-corrected chi connectivity index (χ1v) is 8.43. The van der Waals surface area contributed by atoms with E-state index < -0.39 is 5.79 Å². The molecule has 3 rings (SSSR count). The molecule has 23 heavy (non-hydrogen) atoms. The van der Waals surface area contributed by atoms with E-state index in [0.717, 1.165) is 23.4 Å². The molecule has 2 saturated heterocycles. The maximum Gasteiger partial charge on any atom is 0.236 e. The molecule has 6 heteroatoms. The van der Waals surface area contributed by atoms with Crippen LogP contribution in [0.1, 0.15) is 18.4 Å². The predicted octanol–water partition coefficient (Wildman–Crippen LogP) is 2.14. The van der Waals surface area contributed by atoms with Gasteiger partial charge in [-0.1, -0.05) is 29.8 Å². The summed E-state index contributed by atoms with van der Waals surface area (Å²) < 4.78 is 11.4. The average molecular weight is 339 g/mol. The number of amides is 1. The number of hydrogen-bond acceptors (Lipinski definition) is 4. The standard InChI is InChI=1S/C17H23ClN2O3/c1-19(12-14-4-2-3-5-15(14)18)13-16(21)20-8-6-17(7-9-20)22-10-11-23-17/h2-5H,6-13H2,1H3. The summed E-state index contributed by atoms with van der Waals surface area (Å²) in [6.45, 7) is 3.76. The summed E-state index contributed by atoms with van der Waals surface area (Å²) in [5.41, 5.74) is 1.04. The molecule has 2 aliphatic rings. The molecule has 2 heterocycles. The van der Waals surface area contributed by atoms with E-state index in [-0.39, 0.29) is 5.91 Å². The second-order valence-electron chi connectivity index (χ2n) is 6.25. The normalized spacial score (nSPS) is 20.4. The van der Waals surface area contributed by atoms with Gasteiger partial charge in [-0.25, -0.2) is 0 Å². The maximum atomic E-state index is 12.5. The Morgan fingerprint density at radius 3 is 2.57 bits per heavy atom. The third kappa shape index (κ3) is 4.04. The van der Waals surface area contributed by atoms with Crippen molar-refractivity contribution in [2.24, 2.45) is 0 Å². The molecule has 0 N–H and O–H groups in total. The highest BCUT2D eigenvalue weighted by Crippen LogP contribution is 2.31. The zero-order valence-corrected chi connectivity index (χ0v) is 14.2. The van der Waals surface area contributed by atoms with Crippen LogP contribution in [0.3, 0.4) is 0 Å². The molecule has 1 aromatic rings. The quantitative estimate of drug-likeness (QED) is 0.843. The zero-order valence-electron chi connectivity index (χ0n) is 13.5. The third-order valence-electron chi connectivity index (χ3n) is 4.49. The van der Waals surface area contributed by atoms with Crippen LogP contribution in [0.25, 0.3) is 0 Å². The molecule has 5 nitrogen and oxygen atoms in total. The molecule has 0 bridgehead atoms. The Morgan fingerprint density at radius 2 is 1.91 bits per heavy atom. The van der Waals surface area contributed by atoms with Crippen LogP contribution in [-0.2, 0) is 20.8 Å². The lowest BCUT2D eigenvalue weighted by Crippen LogP contribution is -2.49. The molecule has 0 unspecified atom stereocenters. The second-order valence-corrected chi connectivity index (χ2v) is 6.66. The molecule has 0 aromatic heterocycles. The molecular weight excluding hydrogens is 316 g/mol. The molecule has 126 valence electrons. The van der Waals surface area contributed by atoms with Crippen molar-refractivity contribution in [1.82, 2.24) is 9.80 Å². The molecule has 1 amide bonds. The summed E-state index contributed by atoms with van der Waals surface area (Å²) in [6, 6.07) is 7.73. The first-order valence-electron chi connectivity index (χ1n) is 8.06. The van der Waals surface area contributed by atoms with E-state index in [0.29, 0.717) is 39.4 Å². The van der Waals surface area contributed by atoms with E-state index >= 15 is 0 Å². The number of ether oxygens (including phenoxy) is 2. The lowest BCUT2D eigenvalue weighted by molar-refractivity contribution is -0.187. The SMILES string of the molecule is CN(CC(=O)N1CCC2(CC1)OCCO2)Cc1ccccc1Cl. The average Bonchev–Trinajstić information content (AvgIpc) is 2.98. The van der Waals surface area contributed by atoms with Crippen molar-refractivity contribution in [2.75, 3.05) is 39.9 Å². The topological polar surface area (TPSA) is 42.0 Å². The minimum atomic E-state index is -0.430. The monoisotopic (exact) mass is 338 g/mol. The Kier molecular flexibility index (Phi) is 5.21. The van der Waals surface area contributed by atoms with Gasteiger partial charge in [0.25, 0.3) is 0 Å². The molecule has 1 spiro atoms. The van der Waals surface area contributed by atoms with Gasteiger partial charge < -0.3 is 14.4 Å².